The second-order valence-corrected chi connectivity index (χ2v) is 13.6. The number of rotatable bonds is 10. The SMILES string of the molecule is CC(C)(C)NC(=O)[C@H](Cc1ccccc1)N(Cc1ccccc1)C(=O)CN(c1cc(Cl)c(Cl)cc1Cl)S(C)(=O)=O. The lowest BCUT2D eigenvalue weighted by molar-refractivity contribution is -0.140. The van der Waals surface area contributed by atoms with Crippen LogP contribution in [0.1, 0.15) is 31.9 Å². The number of hydrogen-bond donors (Lipinski definition) is 1. The molecule has 214 valence electrons. The van der Waals surface area contributed by atoms with Gasteiger partial charge in [0.05, 0.1) is 27.0 Å². The van der Waals surface area contributed by atoms with Crippen molar-refractivity contribution in [1.29, 1.82) is 0 Å². The molecule has 3 aromatic carbocycles. The van der Waals surface area contributed by atoms with Gasteiger partial charge in [-0.25, -0.2) is 8.42 Å². The average molecular weight is 625 g/mol. The Hall–Kier alpha value is -2.78. The monoisotopic (exact) mass is 623 g/mol. The van der Waals surface area contributed by atoms with Crippen LogP contribution in [0.4, 0.5) is 5.69 Å². The van der Waals surface area contributed by atoms with Gasteiger partial charge in [-0.1, -0.05) is 95.5 Å². The molecule has 0 aliphatic heterocycles. The van der Waals surface area contributed by atoms with Crippen molar-refractivity contribution in [2.75, 3.05) is 17.1 Å². The van der Waals surface area contributed by atoms with Crippen molar-refractivity contribution < 1.29 is 18.0 Å². The van der Waals surface area contributed by atoms with Crippen molar-refractivity contribution in [3.8, 4) is 0 Å². The van der Waals surface area contributed by atoms with E-state index < -0.39 is 34.1 Å². The van der Waals surface area contributed by atoms with Gasteiger partial charge in [0.25, 0.3) is 0 Å². The summed E-state index contributed by atoms with van der Waals surface area (Å²) in [7, 11) is -4.01. The highest BCUT2D eigenvalue weighted by atomic mass is 35.5. The summed E-state index contributed by atoms with van der Waals surface area (Å²) < 4.78 is 26.7. The molecule has 11 heteroatoms. The van der Waals surface area contributed by atoms with Crippen LogP contribution in [0.2, 0.25) is 15.1 Å². The van der Waals surface area contributed by atoms with E-state index in [2.05, 4.69) is 5.32 Å². The fourth-order valence-corrected chi connectivity index (χ4v) is 5.63. The molecule has 0 unspecified atom stereocenters. The number of nitrogens with zero attached hydrogens (tertiary/aromatic N) is 2. The summed E-state index contributed by atoms with van der Waals surface area (Å²) in [5.74, 6) is -0.958. The zero-order valence-corrected chi connectivity index (χ0v) is 25.8. The number of anilines is 1. The molecule has 0 heterocycles. The van der Waals surface area contributed by atoms with E-state index in [1.807, 2.05) is 81.4 Å². The second-order valence-electron chi connectivity index (χ2n) is 10.4. The lowest BCUT2D eigenvalue weighted by Gasteiger charge is -2.35. The van der Waals surface area contributed by atoms with E-state index in [-0.39, 0.29) is 39.6 Å². The molecule has 0 saturated carbocycles. The minimum Gasteiger partial charge on any atom is -0.350 e. The first-order valence-corrected chi connectivity index (χ1v) is 15.5. The van der Waals surface area contributed by atoms with Gasteiger partial charge in [-0.05, 0) is 44.0 Å². The third-order valence-corrected chi connectivity index (χ3v) is 8.05. The van der Waals surface area contributed by atoms with Crippen LogP contribution in [0.5, 0.6) is 0 Å². The van der Waals surface area contributed by atoms with Gasteiger partial charge in [-0.3, -0.25) is 13.9 Å². The molecule has 3 rings (SSSR count). The van der Waals surface area contributed by atoms with Gasteiger partial charge in [-0.15, -0.1) is 0 Å². The molecule has 40 heavy (non-hydrogen) atoms. The summed E-state index contributed by atoms with van der Waals surface area (Å²) in [5, 5.41) is 3.21. The van der Waals surface area contributed by atoms with Gasteiger partial charge >= 0.3 is 0 Å². The molecule has 0 aliphatic rings. The normalized spacial score (nSPS) is 12.5. The predicted octanol–water partition coefficient (Wildman–Crippen LogP) is 5.97. The lowest BCUT2D eigenvalue weighted by atomic mass is 10.0. The van der Waals surface area contributed by atoms with Gasteiger partial charge in [0.15, 0.2) is 0 Å². The summed E-state index contributed by atoms with van der Waals surface area (Å²) in [5.41, 5.74) is 1.05. The third-order valence-electron chi connectivity index (χ3n) is 5.90. The number of nitrogens with one attached hydrogen (secondary N) is 1. The summed E-state index contributed by atoms with van der Waals surface area (Å²) in [6.45, 7) is 5.02. The summed E-state index contributed by atoms with van der Waals surface area (Å²) in [6.07, 6.45) is 1.18. The molecular formula is C29H32Cl3N3O4S. The Balaban J connectivity index is 2.09. The van der Waals surface area contributed by atoms with Crippen molar-refractivity contribution in [3.05, 3.63) is 99.0 Å². The highest BCUT2D eigenvalue weighted by Gasteiger charge is 2.34. The maximum atomic E-state index is 14.1. The van der Waals surface area contributed by atoms with Gasteiger partial charge in [0, 0.05) is 18.5 Å². The molecule has 7 nitrogen and oxygen atoms in total. The van der Waals surface area contributed by atoms with Crippen molar-refractivity contribution in [2.45, 2.75) is 45.3 Å². The van der Waals surface area contributed by atoms with Crippen LogP contribution in [-0.4, -0.2) is 49.5 Å². The van der Waals surface area contributed by atoms with E-state index in [0.717, 1.165) is 21.7 Å². The molecule has 0 aromatic heterocycles. The van der Waals surface area contributed by atoms with E-state index in [1.54, 1.807) is 0 Å². The number of sulfonamides is 1. The highest BCUT2D eigenvalue weighted by molar-refractivity contribution is 7.92. The number of carbonyl (C=O) groups excluding carboxylic acids is 2. The fraction of sp³-hybridized carbons (Fsp3) is 0.310. The van der Waals surface area contributed by atoms with Crippen LogP contribution >= 0.6 is 34.8 Å². The van der Waals surface area contributed by atoms with Crippen LogP contribution in [-0.2, 0) is 32.6 Å². The summed E-state index contributed by atoms with van der Waals surface area (Å²) >= 11 is 18.6. The molecule has 1 N–H and O–H groups in total. The van der Waals surface area contributed by atoms with E-state index in [1.165, 1.54) is 17.0 Å². The van der Waals surface area contributed by atoms with Gasteiger partial charge < -0.3 is 10.2 Å². The van der Waals surface area contributed by atoms with E-state index in [0.29, 0.717) is 0 Å². The standard InChI is InChI=1S/C29H32Cl3N3O4S/c1-29(2,3)33-28(37)26(15-20-11-7-5-8-12-20)34(18-21-13-9-6-10-14-21)27(36)19-35(40(4,38)39)25-17-23(31)22(30)16-24(25)32/h5-14,16-17,26H,15,18-19H2,1-4H3,(H,33,37)/t26-/m0/s1. The van der Waals surface area contributed by atoms with Crippen LogP contribution in [0, 0.1) is 0 Å². The fourth-order valence-electron chi connectivity index (χ4n) is 4.08. The summed E-state index contributed by atoms with van der Waals surface area (Å²) in [4.78, 5) is 29.2. The molecule has 1 atom stereocenters. The predicted molar refractivity (Wildman–Crippen MR) is 162 cm³/mol. The number of amides is 2. The first-order chi connectivity index (χ1) is 18.7. The van der Waals surface area contributed by atoms with Gasteiger partial charge in [0.2, 0.25) is 21.8 Å². The Bertz CT molecular complexity index is 1450. The number of hydrogen-bond acceptors (Lipinski definition) is 4. The molecule has 0 fully saturated rings. The van der Waals surface area contributed by atoms with E-state index in [4.69, 9.17) is 34.8 Å². The number of benzene rings is 3. The maximum absolute atomic E-state index is 14.1. The minimum absolute atomic E-state index is 0.00494. The number of halogens is 3. The van der Waals surface area contributed by atoms with E-state index in [9.17, 15) is 18.0 Å². The van der Waals surface area contributed by atoms with Crippen molar-refractivity contribution in [3.63, 3.8) is 0 Å². The minimum atomic E-state index is -4.01. The molecule has 0 saturated heterocycles. The van der Waals surface area contributed by atoms with Crippen molar-refractivity contribution in [2.24, 2.45) is 0 Å². The maximum Gasteiger partial charge on any atom is 0.244 e. The van der Waals surface area contributed by atoms with Gasteiger partial charge in [-0.2, -0.15) is 0 Å². The first kappa shape index (κ1) is 31.7. The molecule has 2 amide bonds. The molecule has 0 bridgehead atoms. The van der Waals surface area contributed by atoms with Gasteiger partial charge in [0.1, 0.15) is 12.6 Å². The molecule has 3 aromatic rings. The number of carbonyl (C=O) groups is 2. The third kappa shape index (κ3) is 8.86. The largest absolute Gasteiger partial charge is 0.350 e. The Morgan fingerprint density at radius 2 is 1.38 bits per heavy atom. The second kappa shape index (κ2) is 13.3. The van der Waals surface area contributed by atoms with E-state index >= 15 is 0 Å². The Morgan fingerprint density at radius 1 is 0.850 bits per heavy atom. The topological polar surface area (TPSA) is 86.8 Å². The van der Waals surface area contributed by atoms with Crippen molar-refractivity contribution >= 4 is 62.3 Å². The highest BCUT2D eigenvalue weighted by Crippen LogP contribution is 2.35. The Morgan fingerprint density at radius 3 is 1.90 bits per heavy atom. The quantitative estimate of drug-likeness (QED) is 0.282. The molecular weight excluding hydrogens is 593 g/mol. The molecule has 0 spiro atoms. The average Bonchev–Trinajstić information content (AvgIpc) is 2.86. The smallest absolute Gasteiger partial charge is 0.244 e. The zero-order chi connectivity index (χ0) is 29.7. The molecule has 0 aliphatic carbocycles. The van der Waals surface area contributed by atoms with Crippen LogP contribution in [0.15, 0.2) is 72.8 Å². The zero-order valence-electron chi connectivity index (χ0n) is 22.7. The Kier molecular flexibility index (Phi) is 10.5. The summed E-state index contributed by atoms with van der Waals surface area (Å²) in [6, 6.07) is 20.2. The van der Waals surface area contributed by atoms with Crippen LogP contribution in [0.25, 0.3) is 0 Å². The first-order valence-electron chi connectivity index (χ1n) is 12.5. The van der Waals surface area contributed by atoms with Crippen molar-refractivity contribution in [1.82, 2.24) is 10.2 Å². The molecule has 0 radical (unpaired) electrons. The van der Waals surface area contributed by atoms with Crippen LogP contribution < -0.4 is 9.62 Å². The van der Waals surface area contributed by atoms with Crippen LogP contribution in [0.3, 0.4) is 0 Å². The Labute approximate surface area is 251 Å². The lowest BCUT2D eigenvalue weighted by Crippen LogP contribution is -2.56.